The van der Waals surface area contributed by atoms with Crippen LogP contribution in [0.2, 0.25) is 0 Å². The van der Waals surface area contributed by atoms with E-state index in [4.69, 9.17) is 5.73 Å². The molecule has 1 fully saturated rings. The van der Waals surface area contributed by atoms with Crippen LogP contribution in [0.25, 0.3) is 0 Å². The summed E-state index contributed by atoms with van der Waals surface area (Å²) in [6.07, 6.45) is 1.41. The molecule has 0 spiro atoms. The molecule has 1 amide bonds. The van der Waals surface area contributed by atoms with Gasteiger partial charge in [-0.2, -0.15) is 15.4 Å². The molecule has 0 aliphatic carbocycles. The molecule has 0 unspecified atom stereocenters. The van der Waals surface area contributed by atoms with Crippen molar-refractivity contribution in [2.45, 2.75) is 12.5 Å². The van der Waals surface area contributed by atoms with Gasteiger partial charge in [0.15, 0.2) is 5.69 Å². The Labute approximate surface area is 75.1 Å². The average molecular weight is 181 g/mol. The lowest BCUT2D eigenvalue weighted by molar-refractivity contribution is 0.0448. The number of carbonyl (C=O) groups is 1. The van der Waals surface area contributed by atoms with Crippen LogP contribution in [0.15, 0.2) is 6.20 Å². The highest BCUT2D eigenvalue weighted by atomic mass is 16.2. The quantitative estimate of drug-likeness (QED) is 0.580. The van der Waals surface area contributed by atoms with Gasteiger partial charge in [0.1, 0.15) is 0 Å². The predicted molar refractivity (Wildman–Crippen MR) is 44.9 cm³/mol. The van der Waals surface area contributed by atoms with Crippen molar-refractivity contribution in [3.05, 3.63) is 11.9 Å². The largest absolute Gasteiger partial charge is 0.333 e. The number of likely N-dealkylation sites (tertiary alicyclic amines) is 1. The molecule has 6 heteroatoms. The van der Waals surface area contributed by atoms with Crippen LogP contribution in [0.5, 0.6) is 0 Å². The van der Waals surface area contributed by atoms with Crippen molar-refractivity contribution in [1.29, 1.82) is 0 Å². The zero-order valence-electron chi connectivity index (χ0n) is 7.32. The average Bonchev–Trinajstić information content (AvgIpc) is 2.50. The first-order valence-corrected chi connectivity index (χ1v) is 4.02. The van der Waals surface area contributed by atoms with Gasteiger partial charge in [-0.3, -0.25) is 4.79 Å². The Bertz CT molecular complexity index is 310. The van der Waals surface area contributed by atoms with E-state index in [1.54, 1.807) is 4.90 Å². The first-order valence-electron chi connectivity index (χ1n) is 4.02. The standard InChI is InChI=1S/C7H11N5O/c1-7(8)3-12(4-7)6(13)5-2-9-11-10-5/h2H,3-4,8H2,1H3,(H,9,10,11). The van der Waals surface area contributed by atoms with Gasteiger partial charge in [-0.1, -0.05) is 0 Å². The normalized spacial score (nSPS) is 19.7. The van der Waals surface area contributed by atoms with E-state index in [1.807, 2.05) is 6.92 Å². The molecule has 1 aromatic rings. The topological polar surface area (TPSA) is 87.9 Å². The summed E-state index contributed by atoms with van der Waals surface area (Å²) in [6.45, 7) is 3.08. The highest BCUT2D eigenvalue weighted by molar-refractivity contribution is 5.92. The van der Waals surface area contributed by atoms with Crippen LogP contribution in [-0.2, 0) is 0 Å². The van der Waals surface area contributed by atoms with Crippen LogP contribution >= 0.6 is 0 Å². The number of hydrogen-bond acceptors (Lipinski definition) is 4. The zero-order chi connectivity index (χ0) is 9.47. The molecule has 0 saturated carbocycles. The number of hydrogen-bond donors (Lipinski definition) is 2. The number of H-pyrrole nitrogens is 1. The molecule has 1 saturated heterocycles. The van der Waals surface area contributed by atoms with Crippen LogP contribution in [0.1, 0.15) is 17.4 Å². The van der Waals surface area contributed by atoms with Gasteiger partial charge in [-0.25, -0.2) is 0 Å². The summed E-state index contributed by atoms with van der Waals surface area (Å²) < 4.78 is 0. The molecular formula is C7H11N5O. The Morgan fingerprint density at radius 1 is 1.77 bits per heavy atom. The summed E-state index contributed by atoms with van der Waals surface area (Å²) >= 11 is 0. The maximum absolute atomic E-state index is 11.5. The van der Waals surface area contributed by atoms with E-state index in [0.717, 1.165) is 0 Å². The molecule has 1 aromatic heterocycles. The maximum Gasteiger partial charge on any atom is 0.276 e. The summed E-state index contributed by atoms with van der Waals surface area (Å²) in [4.78, 5) is 13.2. The van der Waals surface area contributed by atoms with Crippen LogP contribution in [0.4, 0.5) is 0 Å². The van der Waals surface area contributed by atoms with E-state index in [0.29, 0.717) is 18.8 Å². The Hall–Kier alpha value is -1.43. The fourth-order valence-electron chi connectivity index (χ4n) is 1.44. The summed E-state index contributed by atoms with van der Waals surface area (Å²) in [5.74, 6) is -0.114. The smallest absolute Gasteiger partial charge is 0.276 e. The van der Waals surface area contributed by atoms with Crippen LogP contribution in [0.3, 0.4) is 0 Å². The van der Waals surface area contributed by atoms with Crippen molar-refractivity contribution < 1.29 is 4.79 Å². The molecule has 0 aromatic carbocycles. The van der Waals surface area contributed by atoms with Crippen LogP contribution < -0.4 is 5.73 Å². The third-order valence-corrected chi connectivity index (χ3v) is 2.03. The summed E-state index contributed by atoms with van der Waals surface area (Å²) in [5, 5.41) is 9.66. The second kappa shape index (κ2) is 2.53. The van der Waals surface area contributed by atoms with E-state index in [-0.39, 0.29) is 11.4 Å². The summed E-state index contributed by atoms with van der Waals surface area (Å²) in [5.41, 5.74) is 5.87. The van der Waals surface area contributed by atoms with Gasteiger partial charge in [-0.15, -0.1) is 0 Å². The van der Waals surface area contributed by atoms with Gasteiger partial charge >= 0.3 is 0 Å². The maximum atomic E-state index is 11.5. The Balaban J connectivity index is 2.02. The fourth-order valence-corrected chi connectivity index (χ4v) is 1.44. The Morgan fingerprint density at radius 3 is 2.92 bits per heavy atom. The molecule has 1 aliphatic rings. The molecule has 70 valence electrons. The number of nitrogens with one attached hydrogen (secondary N) is 1. The molecule has 0 atom stereocenters. The third-order valence-electron chi connectivity index (χ3n) is 2.03. The lowest BCUT2D eigenvalue weighted by Crippen LogP contribution is -2.66. The first-order chi connectivity index (χ1) is 6.08. The van der Waals surface area contributed by atoms with Gasteiger partial charge < -0.3 is 10.6 Å². The molecule has 0 radical (unpaired) electrons. The SMILES string of the molecule is CC1(N)CN(C(=O)c2cn[nH]n2)C1. The summed E-state index contributed by atoms with van der Waals surface area (Å²) in [7, 11) is 0. The minimum absolute atomic E-state index is 0.114. The van der Waals surface area contributed by atoms with Gasteiger partial charge in [0.05, 0.1) is 6.20 Å². The van der Waals surface area contributed by atoms with Gasteiger partial charge in [0, 0.05) is 18.6 Å². The Morgan fingerprint density at radius 2 is 2.46 bits per heavy atom. The molecule has 2 rings (SSSR count). The zero-order valence-corrected chi connectivity index (χ0v) is 7.32. The number of aromatic amines is 1. The van der Waals surface area contributed by atoms with Crippen LogP contribution in [0, 0.1) is 0 Å². The van der Waals surface area contributed by atoms with E-state index in [1.165, 1.54) is 6.20 Å². The van der Waals surface area contributed by atoms with Crippen molar-refractivity contribution in [2.75, 3.05) is 13.1 Å². The van der Waals surface area contributed by atoms with Gasteiger partial charge in [0.25, 0.3) is 5.91 Å². The highest BCUT2D eigenvalue weighted by Crippen LogP contribution is 2.18. The van der Waals surface area contributed by atoms with Gasteiger partial charge in [-0.05, 0) is 6.92 Å². The third kappa shape index (κ3) is 1.40. The van der Waals surface area contributed by atoms with E-state index in [9.17, 15) is 4.79 Å². The minimum Gasteiger partial charge on any atom is -0.333 e. The lowest BCUT2D eigenvalue weighted by atomic mass is 9.93. The van der Waals surface area contributed by atoms with Gasteiger partial charge in [0.2, 0.25) is 0 Å². The molecule has 1 aliphatic heterocycles. The monoisotopic (exact) mass is 181 g/mol. The van der Waals surface area contributed by atoms with E-state index in [2.05, 4.69) is 15.4 Å². The number of rotatable bonds is 1. The minimum atomic E-state index is -0.237. The molecule has 6 nitrogen and oxygen atoms in total. The molecular weight excluding hydrogens is 170 g/mol. The number of carbonyl (C=O) groups excluding carboxylic acids is 1. The lowest BCUT2D eigenvalue weighted by Gasteiger charge is -2.44. The van der Waals surface area contributed by atoms with Crippen molar-refractivity contribution in [1.82, 2.24) is 20.3 Å². The molecule has 2 heterocycles. The number of nitrogens with two attached hydrogens (primary N) is 1. The number of aromatic nitrogens is 3. The first kappa shape index (κ1) is 8.18. The highest BCUT2D eigenvalue weighted by Gasteiger charge is 2.38. The van der Waals surface area contributed by atoms with Crippen molar-refractivity contribution in [3.63, 3.8) is 0 Å². The van der Waals surface area contributed by atoms with E-state index >= 15 is 0 Å². The summed E-state index contributed by atoms with van der Waals surface area (Å²) in [6, 6.07) is 0. The predicted octanol–water partition coefficient (Wildman–Crippen LogP) is -1.02. The van der Waals surface area contributed by atoms with Crippen molar-refractivity contribution in [2.24, 2.45) is 5.73 Å². The van der Waals surface area contributed by atoms with Crippen molar-refractivity contribution in [3.8, 4) is 0 Å². The van der Waals surface area contributed by atoms with E-state index < -0.39 is 0 Å². The van der Waals surface area contributed by atoms with Crippen LogP contribution in [-0.4, -0.2) is 44.8 Å². The molecule has 13 heavy (non-hydrogen) atoms. The Kier molecular flexibility index (Phi) is 1.59. The second-order valence-corrected chi connectivity index (χ2v) is 3.67. The molecule has 0 bridgehead atoms. The number of amides is 1. The second-order valence-electron chi connectivity index (χ2n) is 3.67. The molecule has 3 N–H and O–H groups in total. The fraction of sp³-hybridized carbons (Fsp3) is 0.571. The number of nitrogens with zero attached hydrogens (tertiary/aromatic N) is 3. The van der Waals surface area contributed by atoms with Crippen molar-refractivity contribution >= 4 is 5.91 Å².